The molecule has 11 heteroatoms. The Morgan fingerprint density at radius 3 is 2.33 bits per heavy atom. The molecule has 0 fully saturated rings. The molecule has 0 saturated heterocycles. The Morgan fingerprint density at radius 1 is 1.00 bits per heavy atom. The summed E-state index contributed by atoms with van der Waals surface area (Å²) in [7, 11) is 0. The fraction of sp³-hybridized carbons (Fsp3) is 0.0625. The van der Waals surface area contributed by atoms with Crippen LogP contribution >= 0.6 is 11.3 Å². The molecule has 1 heterocycles. The Balaban J connectivity index is 1.66. The average molecular weight is 402 g/mol. The number of rotatable bonds is 4. The number of ether oxygens (including phenoxy) is 1. The average Bonchev–Trinajstić information content (AvgIpc) is 2.99. The molecule has 27 heavy (non-hydrogen) atoms. The van der Waals surface area contributed by atoms with Crippen LogP contribution in [0.3, 0.4) is 0 Å². The van der Waals surface area contributed by atoms with Gasteiger partial charge in [0.25, 0.3) is 5.91 Å². The number of esters is 1. The van der Waals surface area contributed by atoms with Crippen LogP contribution in [0.1, 0.15) is 10.4 Å². The van der Waals surface area contributed by atoms with E-state index < -0.39 is 58.6 Å². The van der Waals surface area contributed by atoms with E-state index in [4.69, 9.17) is 0 Å². The second kappa shape index (κ2) is 7.27. The van der Waals surface area contributed by atoms with Crippen molar-refractivity contribution in [2.24, 2.45) is 0 Å². The SMILES string of the molecule is O=C(COC(=O)c1cc(F)cc(F)c1)Nc1nc2c(F)c(F)c(F)cc2s1. The number of fused-ring (bicyclic) bond motifs is 1. The summed E-state index contributed by atoms with van der Waals surface area (Å²) in [4.78, 5) is 27.1. The van der Waals surface area contributed by atoms with Crippen LogP contribution in [0.2, 0.25) is 0 Å². The number of thiazole rings is 1. The molecule has 0 saturated carbocycles. The Kier molecular flexibility index (Phi) is 5.04. The highest BCUT2D eigenvalue weighted by Gasteiger charge is 2.19. The summed E-state index contributed by atoms with van der Waals surface area (Å²) < 4.78 is 70.6. The number of carbonyl (C=O) groups is 2. The first-order valence-corrected chi connectivity index (χ1v) is 7.93. The van der Waals surface area contributed by atoms with Crippen molar-refractivity contribution in [3.8, 4) is 0 Å². The number of hydrogen-bond donors (Lipinski definition) is 1. The number of aromatic nitrogens is 1. The Morgan fingerprint density at radius 2 is 1.67 bits per heavy atom. The van der Waals surface area contributed by atoms with Gasteiger partial charge in [-0.05, 0) is 18.2 Å². The predicted molar refractivity (Wildman–Crippen MR) is 84.8 cm³/mol. The minimum atomic E-state index is -1.69. The molecule has 2 aromatic carbocycles. The zero-order chi connectivity index (χ0) is 19.7. The van der Waals surface area contributed by atoms with Crippen molar-refractivity contribution < 1.29 is 36.3 Å². The van der Waals surface area contributed by atoms with Crippen LogP contribution in [-0.4, -0.2) is 23.5 Å². The van der Waals surface area contributed by atoms with Crippen LogP contribution in [0.5, 0.6) is 0 Å². The van der Waals surface area contributed by atoms with Crippen LogP contribution < -0.4 is 5.32 Å². The Hall–Kier alpha value is -3.08. The van der Waals surface area contributed by atoms with Gasteiger partial charge in [0, 0.05) is 6.07 Å². The summed E-state index contributed by atoms with van der Waals surface area (Å²) >= 11 is 0.668. The molecule has 0 radical (unpaired) electrons. The van der Waals surface area contributed by atoms with Gasteiger partial charge in [-0.15, -0.1) is 0 Å². The summed E-state index contributed by atoms with van der Waals surface area (Å²) in [5.74, 6) is -8.64. The third kappa shape index (κ3) is 4.03. The third-order valence-corrected chi connectivity index (χ3v) is 4.12. The van der Waals surface area contributed by atoms with E-state index in [1.165, 1.54) is 0 Å². The van der Waals surface area contributed by atoms with E-state index in [9.17, 15) is 31.5 Å². The quantitative estimate of drug-likeness (QED) is 0.410. The number of benzene rings is 2. The molecule has 0 aliphatic rings. The Labute approximate surface area is 151 Å². The van der Waals surface area contributed by atoms with E-state index in [0.29, 0.717) is 17.4 Å². The van der Waals surface area contributed by atoms with Crippen LogP contribution in [0, 0.1) is 29.1 Å². The summed E-state index contributed by atoms with van der Waals surface area (Å²) in [5.41, 5.74) is -0.908. The van der Waals surface area contributed by atoms with Gasteiger partial charge >= 0.3 is 5.97 Å². The first-order valence-electron chi connectivity index (χ1n) is 7.11. The maximum absolute atomic E-state index is 13.6. The van der Waals surface area contributed by atoms with Crippen molar-refractivity contribution in [2.45, 2.75) is 0 Å². The second-order valence-electron chi connectivity index (χ2n) is 5.13. The lowest BCUT2D eigenvalue weighted by Gasteiger charge is -2.05. The lowest BCUT2D eigenvalue weighted by molar-refractivity contribution is -0.119. The van der Waals surface area contributed by atoms with Gasteiger partial charge in [0.2, 0.25) is 0 Å². The van der Waals surface area contributed by atoms with Crippen LogP contribution in [0.25, 0.3) is 10.2 Å². The topological polar surface area (TPSA) is 68.3 Å². The summed E-state index contributed by atoms with van der Waals surface area (Å²) in [5, 5.41) is 1.97. The fourth-order valence-corrected chi connectivity index (χ4v) is 2.97. The largest absolute Gasteiger partial charge is 0.452 e. The molecule has 0 bridgehead atoms. The summed E-state index contributed by atoms with van der Waals surface area (Å²) in [6.45, 7) is -0.835. The summed E-state index contributed by atoms with van der Waals surface area (Å²) in [6, 6.07) is 2.73. The van der Waals surface area contributed by atoms with Crippen LogP contribution in [-0.2, 0) is 9.53 Å². The van der Waals surface area contributed by atoms with Gasteiger partial charge in [-0.3, -0.25) is 10.1 Å². The predicted octanol–water partition coefficient (Wildman–Crippen LogP) is 3.79. The van der Waals surface area contributed by atoms with Gasteiger partial charge in [0.15, 0.2) is 29.2 Å². The molecule has 0 atom stereocenters. The molecular formula is C16H7F5N2O3S. The zero-order valence-electron chi connectivity index (χ0n) is 13.0. The van der Waals surface area contributed by atoms with Crippen LogP contribution in [0.15, 0.2) is 24.3 Å². The zero-order valence-corrected chi connectivity index (χ0v) is 13.8. The van der Waals surface area contributed by atoms with Gasteiger partial charge in [0.05, 0.1) is 10.3 Å². The monoisotopic (exact) mass is 402 g/mol. The third-order valence-electron chi connectivity index (χ3n) is 3.20. The first kappa shape index (κ1) is 18.7. The molecule has 140 valence electrons. The number of carbonyl (C=O) groups excluding carboxylic acids is 2. The lowest BCUT2D eigenvalue weighted by Crippen LogP contribution is -2.21. The van der Waals surface area contributed by atoms with E-state index in [-0.39, 0.29) is 9.83 Å². The fourth-order valence-electron chi connectivity index (χ4n) is 2.07. The van der Waals surface area contributed by atoms with E-state index in [2.05, 4.69) is 15.0 Å². The maximum atomic E-state index is 13.6. The van der Waals surface area contributed by atoms with Crippen LogP contribution in [0.4, 0.5) is 27.1 Å². The van der Waals surface area contributed by atoms with Gasteiger partial charge < -0.3 is 4.74 Å². The number of nitrogens with zero attached hydrogens (tertiary/aromatic N) is 1. The van der Waals surface area contributed by atoms with Crippen molar-refractivity contribution in [1.29, 1.82) is 0 Å². The van der Waals surface area contributed by atoms with Crippen molar-refractivity contribution in [3.05, 3.63) is 58.9 Å². The molecule has 1 N–H and O–H groups in total. The molecule has 1 aromatic heterocycles. The molecule has 0 aliphatic carbocycles. The molecule has 3 aromatic rings. The minimum Gasteiger partial charge on any atom is -0.452 e. The van der Waals surface area contributed by atoms with E-state index >= 15 is 0 Å². The molecule has 0 unspecified atom stereocenters. The number of halogens is 5. The highest BCUT2D eigenvalue weighted by atomic mass is 32.1. The highest BCUT2D eigenvalue weighted by Crippen LogP contribution is 2.30. The smallest absolute Gasteiger partial charge is 0.338 e. The first-order chi connectivity index (χ1) is 12.7. The normalized spacial score (nSPS) is 10.9. The van der Waals surface area contributed by atoms with Crippen molar-refractivity contribution in [1.82, 2.24) is 4.98 Å². The molecular weight excluding hydrogens is 395 g/mol. The molecule has 1 amide bonds. The van der Waals surface area contributed by atoms with Gasteiger partial charge in [-0.25, -0.2) is 31.7 Å². The number of anilines is 1. The highest BCUT2D eigenvalue weighted by molar-refractivity contribution is 7.22. The summed E-state index contributed by atoms with van der Waals surface area (Å²) in [6.07, 6.45) is 0. The lowest BCUT2D eigenvalue weighted by atomic mass is 10.2. The molecule has 0 aliphatic heterocycles. The number of hydrogen-bond acceptors (Lipinski definition) is 5. The standard InChI is InChI=1S/C16H7F5N2O3S/c17-7-1-6(2-8(18)3-7)15(25)26-5-11(24)22-16-23-14-10(27-16)4-9(19)12(20)13(14)21/h1-4H,5H2,(H,22,23,24). The van der Waals surface area contributed by atoms with Gasteiger partial charge in [0.1, 0.15) is 17.2 Å². The van der Waals surface area contributed by atoms with E-state index in [1.807, 2.05) is 0 Å². The van der Waals surface area contributed by atoms with E-state index in [0.717, 1.165) is 18.2 Å². The van der Waals surface area contributed by atoms with Gasteiger partial charge in [-0.1, -0.05) is 11.3 Å². The Bertz CT molecular complexity index is 1050. The van der Waals surface area contributed by atoms with Crippen molar-refractivity contribution >= 4 is 38.6 Å². The van der Waals surface area contributed by atoms with Gasteiger partial charge in [-0.2, -0.15) is 0 Å². The van der Waals surface area contributed by atoms with Crippen molar-refractivity contribution in [3.63, 3.8) is 0 Å². The van der Waals surface area contributed by atoms with E-state index in [1.54, 1.807) is 0 Å². The minimum absolute atomic E-state index is 0.0473. The number of nitrogens with one attached hydrogen (secondary N) is 1. The maximum Gasteiger partial charge on any atom is 0.338 e. The number of amides is 1. The molecule has 0 spiro atoms. The molecule has 5 nitrogen and oxygen atoms in total. The molecule has 3 rings (SSSR count). The van der Waals surface area contributed by atoms with Crippen molar-refractivity contribution in [2.75, 3.05) is 11.9 Å². The second-order valence-corrected chi connectivity index (χ2v) is 6.17.